The number of rotatable bonds is 5. The Labute approximate surface area is 372 Å². The van der Waals surface area contributed by atoms with Crippen LogP contribution in [0, 0.1) is 0 Å². The minimum absolute atomic E-state index is 0.274. The summed E-state index contributed by atoms with van der Waals surface area (Å²) >= 11 is 8.73. The number of carbonyl (C=O) groups is 2. The lowest BCUT2D eigenvalue weighted by Gasteiger charge is -2.04. The van der Waals surface area contributed by atoms with E-state index >= 15 is 0 Å². The zero-order valence-electron chi connectivity index (χ0n) is 32.5. The number of halogens is 1. The molecular weight excluding hydrogens is 901 g/mol. The summed E-state index contributed by atoms with van der Waals surface area (Å²) in [6, 6.07) is 42.5. The van der Waals surface area contributed by atoms with Crippen molar-refractivity contribution in [1.29, 1.82) is 0 Å². The van der Waals surface area contributed by atoms with Gasteiger partial charge in [-0.3, -0.25) is 15.3 Å². The Morgan fingerprint density at radius 3 is 1.32 bits per heavy atom. The van der Waals surface area contributed by atoms with Crippen molar-refractivity contribution in [2.75, 3.05) is 7.11 Å². The summed E-state index contributed by atoms with van der Waals surface area (Å²) in [6.07, 6.45) is 5.23. The second kappa shape index (κ2) is 16.5. The molecule has 62 heavy (non-hydrogen) atoms. The number of thiophene rings is 3. The summed E-state index contributed by atoms with van der Waals surface area (Å²) in [4.78, 5) is 26.6. The number of fused-ring (bicyclic) bond motifs is 6. The third-order valence-corrected chi connectivity index (χ3v) is 14.3. The van der Waals surface area contributed by atoms with Crippen LogP contribution in [0.15, 0.2) is 150 Å². The van der Waals surface area contributed by atoms with Gasteiger partial charge in [0.15, 0.2) is 0 Å². The van der Waals surface area contributed by atoms with Crippen molar-refractivity contribution in [1.82, 2.24) is 30.6 Å². The lowest BCUT2D eigenvalue weighted by atomic mass is 10.0. The van der Waals surface area contributed by atoms with Crippen molar-refractivity contribution >= 4 is 125 Å². The number of hydrogen-bond donors (Lipinski definition) is 4. The van der Waals surface area contributed by atoms with Crippen molar-refractivity contribution in [3.63, 3.8) is 0 Å². The van der Waals surface area contributed by atoms with Crippen molar-refractivity contribution in [2.45, 2.75) is 0 Å². The molecule has 302 valence electrons. The molecule has 0 saturated carbocycles. The molecule has 0 bridgehead atoms. The van der Waals surface area contributed by atoms with Crippen LogP contribution in [0.4, 0.5) is 0 Å². The van der Waals surface area contributed by atoms with Gasteiger partial charge in [0, 0.05) is 66.1 Å². The highest BCUT2D eigenvalue weighted by Crippen LogP contribution is 2.40. The number of carbonyl (C=O) groups excluding carboxylic acids is 1. The van der Waals surface area contributed by atoms with Crippen molar-refractivity contribution in [3.05, 3.63) is 162 Å². The number of methoxy groups -OCH3 is 1. The highest BCUT2D eigenvalue weighted by Gasteiger charge is 2.17. The SMILES string of the molecule is Brc1cc(-c2cc3ccccc3s2)c2[nH]ncc2c1.COC(=O)c1cc(-c2cc3ccccc3s2)c2[nH]ncc2c1.O=C(O)c1cc(-c2cc3ccccc3s2)c2[nH]ncc2c1. The quantitative estimate of drug-likeness (QED) is 0.126. The molecule has 6 aromatic carbocycles. The average Bonchev–Trinajstić information content (AvgIpc) is 4.16. The molecule has 0 saturated heterocycles. The number of hydrogen-bond acceptors (Lipinski definition) is 9. The highest BCUT2D eigenvalue weighted by molar-refractivity contribution is 9.10. The van der Waals surface area contributed by atoms with Crippen molar-refractivity contribution in [3.8, 4) is 31.3 Å². The third-order valence-electron chi connectivity index (χ3n) is 10.4. The predicted octanol–water partition coefficient (Wildman–Crippen LogP) is 13.6. The molecule has 6 aromatic heterocycles. The Balaban J connectivity index is 0.000000111. The van der Waals surface area contributed by atoms with Crippen LogP contribution in [-0.4, -0.2) is 54.7 Å². The molecule has 0 radical (unpaired) electrons. The number of benzene rings is 6. The number of ether oxygens (including phenoxy) is 1. The van der Waals surface area contributed by atoms with E-state index in [1.165, 1.54) is 42.4 Å². The van der Waals surface area contributed by atoms with Crippen LogP contribution in [-0.2, 0) is 4.74 Å². The van der Waals surface area contributed by atoms with Crippen LogP contribution in [0.1, 0.15) is 20.7 Å². The fourth-order valence-electron chi connectivity index (χ4n) is 7.42. The van der Waals surface area contributed by atoms with E-state index in [9.17, 15) is 14.7 Å². The lowest BCUT2D eigenvalue weighted by molar-refractivity contribution is 0.0600. The zero-order chi connectivity index (χ0) is 42.3. The Kier molecular flexibility index (Phi) is 10.4. The first-order valence-corrected chi connectivity index (χ1v) is 22.4. The predicted molar refractivity (Wildman–Crippen MR) is 257 cm³/mol. The summed E-state index contributed by atoms with van der Waals surface area (Å²) < 4.78 is 9.63. The normalized spacial score (nSPS) is 11.3. The first kappa shape index (κ1) is 39.2. The van der Waals surface area contributed by atoms with Crippen LogP contribution in [0.3, 0.4) is 0 Å². The topological polar surface area (TPSA) is 150 Å². The lowest BCUT2D eigenvalue weighted by Crippen LogP contribution is -2.01. The van der Waals surface area contributed by atoms with E-state index in [4.69, 9.17) is 4.74 Å². The number of carboxylic acids is 1. The summed E-state index contributed by atoms with van der Waals surface area (Å²) in [5.41, 5.74) is 6.74. The summed E-state index contributed by atoms with van der Waals surface area (Å²) in [6.45, 7) is 0. The first-order chi connectivity index (χ1) is 30.3. The Morgan fingerprint density at radius 2 is 0.903 bits per heavy atom. The first-order valence-electron chi connectivity index (χ1n) is 19.1. The molecule has 0 unspecified atom stereocenters. The van der Waals surface area contributed by atoms with Gasteiger partial charge in [-0.05, 0) is 89.0 Å². The van der Waals surface area contributed by atoms with E-state index in [1.54, 1.807) is 53.3 Å². The largest absolute Gasteiger partial charge is 0.478 e. The van der Waals surface area contributed by atoms with E-state index in [0.29, 0.717) is 5.56 Å². The molecule has 0 atom stereocenters. The molecule has 4 N–H and O–H groups in total. The molecule has 14 heteroatoms. The van der Waals surface area contributed by atoms with E-state index in [1.807, 2.05) is 47.9 Å². The number of carboxylic acid groups (broad SMARTS) is 1. The molecular formula is C48H31BrN6O4S3. The number of aromatic carboxylic acids is 1. The van der Waals surface area contributed by atoms with Gasteiger partial charge >= 0.3 is 11.9 Å². The molecule has 10 nitrogen and oxygen atoms in total. The van der Waals surface area contributed by atoms with Crippen molar-refractivity contribution in [2.24, 2.45) is 0 Å². The van der Waals surface area contributed by atoms with Gasteiger partial charge in [-0.1, -0.05) is 70.5 Å². The van der Waals surface area contributed by atoms with Crippen LogP contribution in [0.25, 0.3) is 94.3 Å². The van der Waals surface area contributed by atoms with E-state index in [0.717, 1.165) is 63.4 Å². The zero-order valence-corrected chi connectivity index (χ0v) is 36.5. The molecule has 0 fully saturated rings. The van der Waals surface area contributed by atoms with Crippen LogP contribution >= 0.6 is 49.9 Å². The Morgan fingerprint density at radius 1 is 0.516 bits per heavy atom. The number of aromatic nitrogens is 6. The molecule has 0 aliphatic heterocycles. The van der Waals surface area contributed by atoms with Gasteiger partial charge in [0.1, 0.15) is 0 Å². The standard InChI is InChI=1S/C17H12N2O2S.C16H10N2O2S.C15H9BrN2S/c1-21-17(20)11-6-12-9-18-19-16(12)13(7-11)15-8-10-4-2-3-5-14(10)22-15;19-16(20)10-5-11-8-17-18-15(11)12(6-10)14-7-9-3-1-2-4-13(9)21-14;16-11-5-10-8-17-18-15(10)12(7-11)14-6-9-3-1-2-4-13(9)19-14/h2-9H,1H3,(H,18,19);1-8H,(H,17,18)(H,19,20);1-8H,(H,17,18). The van der Waals surface area contributed by atoms with Gasteiger partial charge in [0.2, 0.25) is 0 Å². The molecule has 12 rings (SSSR count). The smallest absolute Gasteiger partial charge is 0.337 e. The number of H-pyrrole nitrogens is 3. The number of nitrogens with one attached hydrogen (secondary N) is 3. The summed E-state index contributed by atoms with van der Waals surface area (Å²) in [7, 11) is 1.39. The minimum Gasteiger partial charge on any atom is -0.478 e. The molecule has 0 spiro atoms. The second-order valence-electron chi connectivity index (χ2n) is 14.2. The molecule has 0 amide bonds. The van der Waals surface area contributed by atoms with Gasteiger partial charge in [0.25, 0.3) is 0 Å². The van der Waals surface area contributed by atoms with E-state index in [-0.39, 0.29) is 11.5 Å². The van der Waals surface area contributed by atoms with E-state index in [2.05, 4.69) is 125 Å². The summed E-state index contributed by atoms with van der Waals surface area (Å²) in [5.74, 6) is -1.27. The third kappa shape index (κ3) is 7.53. The van der Waals surface area contributed by atoms with Crippen LogP contribution < -0.4 is 0 Å². The molecule has 0 aliphatic rings. The van der Waals surface area contributed by atoms with Crippen LogP contribution in [0.2, 0.25) is 0 Å². The number of nitrogens with zero attached hydrogens (tertiary/aromatic N) is 3. The van der Waals surface area contributed by atoms with Crippen molar-refractivity contribution < 1.29 is 19.4 Å². The summed E-state index contributed by atoms with van der Waals surface area (Å²) in [5, 5.41) is 37.1. The highest BCUT2D eigenvalue weighted by atomic mass is 79.9. The second-order valence-corrected chi connectivity index (χ2v) is 18.4. The maximum atomic E-state index is 11.9. The Hall–Kier alpha value is -6.97. The maximum absolute atomic E-state index is 11.9. The minimum atomic E-state index is -0.930. The number of esters is 1. The van der Waals surface area contributed by atoms with Crippen LogP contribution in [0.5, 0.6) is 0 Å². The van der Waals surface area contributed by atoms with Gasteiger partial charge in [0.05, 0.1) is 53.4 Å². The van der Waals surface area contributed by atoms with E-state index < -0.39 is 5.97 Å². The fourth-order valence-corrected chi connectivity index (χ4v) is 11.2. The van der Waals surface area contributed by atoms with Gasteiger partial charge in [-0.2, -0.15) is 15.3 Å². The molecule has 12 aromatic rings. The molecule has 6 heterocycles. The average molecular weight is 932 g/mol. The van der Waals surface area contributed by atoms with Gasteiger partial charge < -0.3 is 9.84 Å². The fraction of sp³-hybridized carbons (Fsp3) is 0.0208. The monoisotopic (exact) mass is 930 g/mol. The maximum Gasteiger partial charge on any atom is 0.337 e. The molecule has 0 aliphatic carbocycles. The van der Waals surface area contributed by atoms with Gasteiger partial charge in [-0.15, -0.1) is 34.0 Å². The van der Waals surface area contributed by atoms with Gasteiger partial charge in [-0.25, -0.2) is 9.59 Å². The Bertz CT molecular complexity index is 3530. The number of aromatic amines is 3.